The summed E-state index contributed by atoms with van der Waals surface area (Å²) in [6, 6.07) is 7.68. The number of nitrogens with zero attached hydrogens (tertiary/aromatic N) is 1. The van der Waals surface area contributed by atoms with Crippen LogP contribution in [0.1, 0.15) is 5.56 Å². The molecule has 0 amide bonds. The third kappa shape index (κ3) is 1.33. The lowest BCUT2D eigenvalue weighted by Crippen LogP contribution is -2.04. The van der Waals surface area contributed by atoms with Crippen molar-refractivity contribution >= 4 is 18.1 Å². The van der Waals surface area contributed by atoms with E-state index in [4.69, 9.17) is 0 Å². The highest BCUT2D eigenvalue weighted by Gasteiger charge is 2.22. The Morgan fingerprint density at radius 3 is 2.82 bits per heavy atom. The predicted octanol–water partition coefficient (Wildman–Crippen LogP) is 1.73. The Balaban J connectivity index is 0.000000605. The average molecular weight is 172 g/mol. The van der Waals surface area contributed by atoms with Crippen molar-refractivity contribution in [2.45, 2.75) is 6.54 Å². The summed E-state index contributed by atoms with van der Waals surface area (Å²) >= 11 is 0. The van der Waals surface area contributed by atoms with Crippen LogP contribution in [0.15, 0.2) is 24.3 Å². The van der Waals surface area contributed by atoms with Crippen LogP contribution in [0.4, 0.5) is 5.69 Å². The maximum absolute atomic E-state index is 10.7. The minimum absolute atomic E-state index is 0. The van der Waals surface area contributed by atoms with Crippen LogP contribution in [0.25, 0.3) is 0 Å². The fourth-order valence-corrected chi connectivity index (χ4v) is 1.10. The molecule has 0 aliphatic carbocycles. The number of nitrogens with one attached hydrogen (secondary N) is 1. The van der Waals surface area contributed by atoms with E-state index in [0.717, 1.165) is 16.1 Å². The van der Waals surface area contributed by atoms with Crippen LogP contribution in [0.3, 0.4) is 0 Å². The second-order valence-electron chi connectivity index (χ2n) is 2.31. The molecule has 0 fully saturated rings. The zero-order valence-corrected chi connectivity index (χ0v) is 6.60. The minimum atomic E-state index is 0. The summed E-state index contributed by atoms with van der Waals surface area (Å²) in [4.78, 5) is 11.5. The number of halogens is 1. The van der Waals surface area contributed by atoms with Gasteiger partial charge in [-0.05, 0) is 6.07 Å². The van der Waals surface area contributed by atoms with Gasteiger partial charge in [0.1, 0.15) is 10.6 Å². The van der Waals surface area contributed by atoms with Gasteiger partial charge in [0.2, 0.25) is 0 Å². The first-order valence-electron chi connectivity index (χ1n) is 3.15. The summed E-state index contributed by atoms with van der Waals surface area (Å²) in [6.07, 6.45) is 0. The maximum Gasteiger partial charge on any atom is 0.252 e. The second kappa shape index (κ2) is 2.88. The molecule has 2 rings (SSSR count). The lowest BCUT2D eigenvalue weighted by Gasteiger charge is -1.86. The minimum Gasteiger partial charge on any atom is -0.147 e. The van der Waals surface area contributed by atoms with Gasteiger partial charge in [0.25, 0.3) is 6.54 Å². The van der Waals surface area contributed by atoms with Crippen molar-refractivity contribution in [1.82, 2.24) is 0 Å². The quantitative estimate of drug-likeness (QED) is 0.603. The Morgan fingerprint density at radius 2 is 2.09 bits per heavy atom. The van der Waals surface area contributed by atoms with Crippen molar-refractivity contribution in [3.05, 3.63) is 34.7 Å². The number of nitroso groups, excluding NO2 is 1. The fourth-order valence-electron chi connectivity index (χ4n) is 1.10. The van der Waals surface area contributed by atoms with Gasteiger partial charge in [0.05, 0.1) is 10.5 Å². The number of hydrazine groups is 1. The molecular weight excluding hydrogens is 164 g/mol. The molecule has 1 aliphatic rings. The zero-order valence-electron chi connectivity index (χ0n) is 5.78. The molecule has 1 aliphatic heterocycles. The largest absolute Gasteiger partial charge is 0.252 e. The Labute approximate surface area is 70.4 Å². The highest BCUT2D eigenvalue weighted by Crippen LogP contribution is 2.20. The molecule has 11 heavy (non-hydrogen) atoms. The van der Waals surface area contributed by atoms with Crippen LogP contribution in [0.2, 0.25) is 0 Å². The van der Waals surface area contributed by atoms with Crippen molar-refractivity contribution in [2.24, 2.45) is 0 Å². The van der Waals surface area contributed by atoms with Crippen molar-refractivity contribution in [1.29, 1.82) is 0 Å². The first-order chi connectivity index (χ1) is 4.86. The first kappa shape index (κ1) is 8.01. The van der Waals surface area contributed by atoms with Crippen molar-refractivity contribution in [2.75, 3.05) is 5.43 Å². The van der Waals surface area contributed by atoms with E-state index in [1.807, 2.05) is 24.3 Å². The van der Waals surface area contributed by atoms with Crippen LogP contribution in [0.5, 0.6) is 0 Å². The molecule has 4 heteroatoms. The van der Waals surface area contributed by atoms with Gasteiger partial charge in [-0.3, -0.25) is 0 Å². The molecule has 0 saturated carbocycles. The number of benzene rings is 1. The molecule has 0 atom stereocenters. The Kier molecular flexibility index (Phi) is 2.10. The second-order valence-corrected chi connectivity index (χ2v) is 2.31. The van der Waals surface area contributed by atoms with Crippen LogP contribution in [-0.2, 0) is 6.54 Å². The molecule has 0 radical (unpaired) electrons. The fraction of sp³-hybridized carbons (Fsp3) is 0.143. The zero-order chi connectivity index (χ0) is 6.97. The number of hydrogen-bond acceptors (Lipinski definition) is 1. The summed E-state index contributed by atoms with van der Waals surface area (Å²) in [5, 5.41) is 0. The van der Waals surface area contributed by atoms with Crippen molar-refractivity contribution in [3.63, 3.8) is 0 Å². The highest BCUT2D eigenvalue weighted by atomic mass is 35.5. The number of para-hydroxylation sites is 1. The molecule has 0 aromatic heterocycles. The van der Waals surface area contributed by atoms with E-state index in [2.05, 4.69) is 5.43 Å². The van der Waals surface area contributed by atoms with E-state index in [1.54, 1.807) is 0 Å². The smallest absolute Gasteiger partial charge is 0.147 e. The van der Waals surface area contributed by atoms with Gasteiger partial charge in [-0.15, -0.1) is 17.8 Å². The van der Waals surface area contributed by atoms with Gasteiger partial charge in [-0.25, -0.2) is 0 Å². The summed E-state index contributed by atoms with van der Waals surface area (Å²) in [5.74, 6) is 0. The highest BCUT2D eigenvalue weighted by molar-refractivity contribution is 5.85. The Bertz CT molecular complexity index is 261. The molecule has 0 unspecified atom stereocenters. The number of anilines is 1. The summed E-state index contributed by atoms with van der Waals surface area (Å²) in [5.41, 5.74) is 4.67. The molecule has 1 heterocycles. The Morgan fingerprint density at radius 1 is 1.36 bits per heavy atom. The van der Waals surface area contributed by atoms with Gasteiger partial charge in [-0.2, -0.15) is 0 Å². The molecular formula is C7H8ClN2O+. The van der Waals surface area contributed by atoms with Gasteiger partial charge >= 0.3 is 0 Å². The third-order valence-electron chi connectivity index (χ3n) is 1.58. The van der Waals surface area contributed by atoms with E-state index in [-0.39, 0.29) is 12.4 Å². The van der Waals surface area contributed by atoms with E-state index in [9.17, 15) is 4.91 Å². The van der Waals surface area contributed by atoms with E-state index >= 15 is 0 Å². The molecule has 0 spiro atoms. The molecule has 3 nitrogen and oxygen atoms in total. The first-order valence-corrected chi connectivity index (χ1v) is 3.15. The van der Waals surface area contributed by atoms with Crippen LogP contribution in [0, 0.1) is 4.91 Å². The van der Waals surface area contributed by atoms with Gasteiger partial charge in [0.15, 0.2) is 0 Å². The van der Waals surface area contributed by atoms with Crippen molar-refractivity contribution in [3.8, 4) is 0 Å². The summed E-state index contributed by atoms with van der Waals surface area (Å²) < 4.78 is 0. The van der Waals surface area contributed by atoms with Gasteiger partial charge in [-0.1, -0.05) is 18.2 Å². The molecule has 0 bridgehead atoms. The standard InChI is InChI=1S/C7H7N2O.ClH/c10-9-5-6-3-1-2-4-7(6)8-9;/h1-4H,5H2,(H,8,10);1H/q+1;. The SMILES string of the molecule is Cl.O=[N+]1Cc2ccccc2N1. The molecule has 58 valence electrons. The van der Waals surface area contributed by atoms with E-state index in [0.29, 0.717) is 6.54 Å². The molecule has 1 aromatic rings. The molecule has 1 N–H and O–H groups in total. The maximum atomic E-state index is 10.7. The topological polar surface area (TPSA) is 32.1 Å². The Hall–Kier alpha value is -1.09. The number of hydrogen-bond donors (Lipinski definition) is 1. The third-order valence-corrected chi connectivity index (χ3v) is 1.58. The van der Waals surface area contributed by atoms with Gasteiger partial charge in [0, 0.05) is 0 Å². The van der Waals surface area contributed by atoms with E-state index in [1.165, 1.54) is 0 Å². The monoisotopic (exact) mass is 171 g/mol. The predicted molar refractivity (Wildman–Crippen MR) is 44.6 cm³/mol. The van der Waals surface area contributed by atoms with Crippen LogP contribution >= 0.6 is 12.4 Å². The lowest BCUT2D eigenvalue weighted by molar-refractivity contribution is -0.525. The summed E-state index contributed by atoms with van der Waals surface area (Å²) in [7, 11) is 0. The van der Waals surface area contributed by atoms with Crippen LogP contribution in [-0.4, -0.2) is 4.87 Å². The van der Waals surface area contributed by atoms with Crippen molar-refractivity contribution < 1.29 is 4.87 Å². The average Bonchev–Trinajstić information content (AvgIpc) is 2.27. The lowest BCUT2D eigenvalue weighted by atomic mass is 10.2. The molecule has 0 saturated heterocycles. The summed E-state index contributed by atoms with van der Waals surface area (Å²) in [6.45, 7) is 0.455. The van der Waals surface area contributed by atoms with Crippen LogP contribution < -0.4 is 5.43 Å². The number of fused-ring (bicyclic) bond motifs is 1. The van der Waals surface area contributed by atoms with Gasteiger partial charge < -0.3 is 0 Å². The molecule has 1 aromatic carbocycles. The number of rotatable bonds is 0. The van der Waals surface area contributed by atoms with E-state index < -0.39 is 0 Å². The normalized spacial score (nSPS) is 13.3.